The number of rotatable bonds is 3. The van der Waals surface area contributed by atoms with Crippen LogP contribution in [0.2, 0.25) is 0 Å². The van der Waals surface area contributed by atoms with Crippen molar-refractivity contribution in [3.05, 3.63) is 47.9 Å². The van der Waals surface area contributed by atoms with Crippen LogP contribution in [-0.4, -0.2) is 22.4 Å². The first-order valence-corrected chi connectivity index (χ1v) is 5.76. The summed E-state index contributed by atoms with van der Waals surface area (Å²) in [5, 5.41) is 10.9. The predicted octanol–water partition coefficient (Wildman–Crippen LogP) is 1.71. The van der Waals surface area contributed by atoms with Gasteiger partial charge in [0.1, 0.15) is 12.4 Å². The van der Waals surface area contributed by atoms with Crippen LogP contribution in [0.25, 0.3) is 11.3 Å². The van der Waals surface area contributed by atoms with E-state index in [1.54, 1.807) is 18.3 Å². The molecule has 0 unspecified atom stereocenters. The van der Waals surface area contributed by atoms with Crippen LogP contribution < -0.4 is 5.32 Å². The van der Waals surface area contributed by atoms with Crippen molar-refractivity contribution in [1.29, 1.82) is 5.26 Å². The summed E-state index contributed by atoms with van der Waals surface area (Å²) in [5.74, 6) is 0.445. The summed E-state index contributed by atoms with van der Waals surface area (Å²) in [6.45, 7) is 1.83. The minimum absolute atomic E-state index is 0.00564. The van der Waals surface area contributed by atoms with Gasteiger partial charge < -0.3 is 5.32 Å². The molecule has 1 amide bonds. The Hall–Kier alpha value is -2.74. The van der Waals surface area contributed by atoms with Gasteiger partial charge in [0.2, 0.25) is 0 Å². The van der Waals surface area contributed by atoms with E-state index >= 15 is 0 Å². The number of carbonyl (C=O) groups is 1. The number of aryl methyl sites for hydroxylation is 1. The van der Waals surface area contributed by atoms with E-state index in [2.05, 4.69) is 15.3 Å². The molecule has 1 N–H and O–H groups in total. The van der Waals surface area contributed by atoms with Crippen LogP contribution in [0.15, 0.2) is 36.5 Å². The van der Waals surface area contributed by atoms with E-state index in [1.807, 2.05) is 31.2 Å². The second-order valence-electron chi connectivity index (χ2n) is 3.91. The summed E-state index contributed by atoms with van der Waals surface area (Å²) in [5.41, 5.74) is 2.25. The summed E-state index contributed by atoms with van der Waals surface area (Å²) in [6, 6.07) is 10.7. The Balaban J connectivity index is 2.19. The van der Waals surface area contributed by atoms with E-state index in [-0.39, 0.29) is 12.5 Å². The number of amides is 1. The Kier molecular flexibility index (Phi) is 3.84. The Morgan fingerprint density at radius 2 is 2.05 bits per heavy atom. The zero-order valence-electron chi connectivity index (χ0n) is 10.4. The lowest BCUT2D eigenvalue weighted by Crippen LogP contribution is -2.23. The highest BCUT2D eigenvalue weighted by atomic mass is 16.1. The molecule has 5 heteroatoms. The molecule has 94 valence electrons. The SMILES string of the molecule is Cc1nccc(-c2ccc(C(=O)NCC#N)cc2)n1. The topological polar surface area (TPSA) is 78.7 Å². The normalized spacial score (nSPS) is 9.68. The molecule has 0 saturated heterocycles. The van der Waals surface area contributed by atoms with Gasteiger partial charge in [-0.2, -0.15) is 5.26 Å². The van der Waals surface area contributed by atoms with Gasteiger partial charge in [0.05, 0.1) is 11.8 Å². The summed E-state index contributed by atoms with van der Waals surface area (Å²) >= 11 is 0. The van der Waals surface area contributed by atoms with Crippen LogP contribution in [0.5, 0.6) is 0 Å². The molecule has 0 radical (unpaired) electrons. The minimum Gasteiger partial charge on any atom is -0.339 e. The molecule has 5 nitrogen and oxygen atoms in total. The Morgan fingerprint density at radius 3 is 2.68 bits per heavy atom. The minimum atomic E-state index is -0.257. The standard InChI is InChI=1S/C14H12N4O/c1-10-16-8-6-13(18-10)11-2-4-12(5-3-11)14(19)17-9-7-15/h2-6,8H,9H2,1H3,(H,17,19). The summed E-state index contributed by atoms with van der Waals surface area (Å²) in [4.78, 5) is 20.0. The van der Waals surface area contributed by atoms with E-state index in [0.29, 0.717) is 11.4 Å². The fraction of sp³-hybridized carbons (Fsp3) is 0.143. The second kappa shape index (κ2) is 5.74. The van der Waals surface area contributed by atoms with Crippen molar-refractivity contribution in [2.24, 2.45) is 0 Å². The lowest BCUT2D eigenvalue weighted by molar-refractivity contribution is 0.0958. The van der Waals surface area contributed by atoms with Crippen molar-refractivity contribution < 1.29 is 4.79 Å². The smallest absolute Gasteiger partial charge is 0.252 e. The van der Waals surface area contributed by atoms with Gasteiger partial charge >= 0.3 is 0 Å². The molecule has 0 aliphatic rings. The predicted molar refractivity (Wildman–Crippen MR) is 70.2 cm³/mol. The van der Waals surface area contributed by atoms with Gasteiger partial charge in [0.15, 0.2) is 0 Å². The van der Waals surface area contributed by atoms with E-state index in [0.717, 1.165) is 11.3 Å². The van der Waals surface area contributed by atoms with E-state index in [4.69, 9.17) is 5.26 Å². The molecule has 2 rings (SSSR count). The monoisotopic (exact) mass is 252 g/mol. The first kappa shape index (κ1) is 12.7. The number of hydrogen-bond acceptors (Lipinski definition) is 4. The summed E-state index contributed by atoms with van der Waals surface area (Å²) in [7, 11) is 0. The fourth-order valence-electron chi connectivity index (χ4n) is 1.63. The molecule has 0 atom stereocenters. The van der Waals surface area contributed by atoms with Crippen LogP contribution in [0.3, 0.4) is 0 Å². The van der Waals surface area contributed by atoms with Crippen LogP contribution in [0, 0.1) is 18.3 Å². The number of hydrogen-bond donors (Lipinski definition) is 1. The first-order valence-electron chi connectivity index (χ1n) is 5.76. The van der Waals surface area contributed by atoms with Crippen molar-refractivity contribution >= 4 is 5.91 Å². The van der Waals surface area contributed by atoms with Crippen molar-refractivity contribution in [3.8, 4) is 17.3 Å². The highest BCUT2D eigenvalue weighted by Gasteiger charge is 2.05. The molecule has 2 aromatic rings. The Bertz CT molecular complexity index is 629. The number of nitrogens with zero attached hydrogens (tertiary/aromatic N) is 3. The maximum atomic E-state index is 11.6. The second-order valence-corrected chi connectivity index (χ2v) is 3.91. The lowest BCUT2D eigenvalue weighted by Gasteiger charge is -2.04. The fourth-order valence-corrected chi connectivity index (χ4v) is 1.63. The van der Waals surface area contributed by atoms with Crippen molar-refractivity contribution in [3.63, 3.8) is 0 Å². The maximum absolute atomic E-state index is 11.6. The maximum Gasteiger partial charge on any atom is 0.252 e. The summed E-state index contributed by atoms with van der Waals surface area (Å²) < 4.78 is 0. The van der Waals surface area contributed by atoms with Gasteiger partial charge in [-0.25, -0.2) is 9.97 Å². The van der Waals surface area contributed by atoms with Crippen LogP contribution in [-0.2, 0) is 0 Å². The highest BCUT2D eigenvalue weighted by molar-refractivity contribution is 5.94. The van der Waals surface area contributed by atoms with E-state index in [1.165, 1.54) is 0 Å². The molecular formula is C14H12N4O. The van der Waals surface area contributed by atoms with E-state index < -0.39 is 0 Å². The average Bonchev–Trinajstić information content (AvgIpc) is 2.45. The van der Waals surface area contributed by atoms with Crippen LogP contribution in [0.1, 0.15) is 16.2 Å². The van der Waals surface area contributed by atoms with Crippen molar-refractivity contribution in [2.45, 2.75) is 6.92 Å². The lowest BCUT2D eigenvalue weighted by atomic mass is 10.1. The molecule has 0 fully saturated rings. The molecular weight excluding hydrogens is 240 g/mol. The molecule has 0 aliphatic heterocycles. The largest absolute Gasteiger partial charge is 0.339 e. The number of carbonyl (C=O) groups excluding carboxylic acids is 1. The van der Waals surface area contributed by atoms with E-state index in [9.17, 15) is 4.79 Å². The third kappa shape index (κ3) is 3.13. The third-order valence-electron chi connectivity index (χ3n) is 2.55. The molecule has 1 aromatic heterocycles. The Morgan fingerprint density at radius 1 is 1.32 bits per heavy atom. The molecule has 0 spiro atoms. The van der Waals surface area contributed by atoms with Gasteiger partial charge in [-0.05, 0) is 25.1 Å². The Labute approximate surface area is 110 Å². The first-order chi connectivity index (χ1) is 9.20. The number of nitrogens with one attached hydrogen (secondary N) is 1. The van der Waals surface area contributed by atoms with Gasteiger partial charge in [-0.3, -0.25) is 4.79 Å². The van der Waals surface area contributed by atoms with Crippen LogP contribution >= 0.6 is 0 Å². The van der Waals surface area contributed by atoms with Gasteiger partial charge in [-0.15, -0.1) is 0 Å². The molecule has 1 aromatic carbocycles. The van der Waals surface area contributed by atoms with Crippen molar-refractivity contribution in [1.82, 2.24) is 15.3 Å². The van der Waals surface area contributed by atoms with Gasteiger partial charge in [0.25, 0.3) is 5.91 Å². The average molecular weight is 252 g/mol. The molecule has 0 aliphatic carbocycles. The number of aromatic nitrogens is 2. The quantitative estimate of drug-likeness (QED) is 0.843. The number of benzene rings is 1. The molecule has 0 bridgehead atoms. The summed E-state index contributed by atoms with van der Waals surface area (Å²) in [6.07, 6.45) is 1.70. The molecule has 1 heterocycles. The molecule has 0 saturated carbocycles. The zero-order chi connectivity index (χ0) is 13.7. The van der Waals surface area contributed by atoms with Gasteiger partial charge in [-0.1, -0.05) is 12.1 Å². The third-order valence-corrected chi connectivity index (χ3v) is 2.55. The van der Waals surface area contributed by atoms with Crippen LogP contribution in [0.4, 0.5) is 0 Å². The van der Waals surface area contributed by atoms with Gasteiger partial charge in [0, 0.05) is 17.3 Å². The molecule has 19 heavy (non-hydrogen) atoms. The zero-order valence-corrected chi connectivity index (χ0v) is 10.4. The van der Waals surface area contributed by atoms with Crippen molar-refractivity contribution in [2.75, 3.05) is 6.54 Å². The highest BCUT2D eigenvalue weighted by Crippen LogP contribution is 2.17. The number of nitriles is 1.